The second-order valence-electron chi connectivity index (χ2n) is 13.6. The molecule has 0 bridgehead atoms. The highest BCUT2D eigenvalue weighted by Crippen LogP contribution is 2.34. The maximum Gasteiger partial charge on any atom is 0.355 e. The van der Waals surface area contributed by atoms with E-state index in [-0.39, 0.29) is 30.2 Å². The van der Waals surface area contributed by atoms with Crippen LogP contribution in [0.4, 0.5) is 26.3 Å². The Balaban J connectivity index is 1.29. The molecule has 0 aliphatic heterocycles. The lowest BCUT2D eigenvalue weighted by molar-refractivity contribution is -0.883. The number of aliphatic hydroxyl groups excluding tert-OH is 1. The average molecular weight is 968 g/mol. The van der Waals surface area contributed by atoms with Crippen LogP contribution in [-0.2, 0) is 16.5 Å². The van der Waals surface area contributed by atoms with E-state index in [2.05, 4.69) is 60.2 Å². The van der Waals surface area contributed by atoms with Crippen molar-refractivity contribution < 1.29 is 42.0 Å². The largest absolute Gasteiger partial charge is 0.491 e. The third-order valence-electron chi connectivity index (χ3n) is 8.66. The van der Waals surface area contributed by atoms with E-state index in [4.69, 9.17) is 9.29 Å². The van der Waals surface area contributed by atoms with Gasteiger partial charge in [-0.3, -0.25) is 4.55 Å². The van der Waals surface area contributed by atoms with Gasteiger partial charge in [-0.1, -0.05) is 35.3 Å². The number of carboxylic acids is 1. The summed E-state index contributed by atoms with van der Waals surface area (Å²) >= 11 is 4.81. The number of halogens is 2. The van der Waals surface area contributed by atoms with Crippen LogP contribution in [0.5, 0.6) is 5.75 Å². The van der Waals surface area contributed by atoms with E-state index in [0.717, 1.165) is 20.7 Å². The van der Waals surface area contributed by atoms with Crippen molar-refractivity contribution in [2.24, 2.45) is 0 Å². The number of thiazole rings is 2. The molecule has 2 aromatic carbocycles. The van der Waals surface area contributed by atoms with Gasteiger partial charge in [-0.25, -0.2) is 22.3 Å². The lowest BCUT2D eigenvalue weighted by Gasteiger charge is -2.22. The van der Waals surface area contributed by atoms with Gasteiger partial charge in [0.15, 0.2) is 39.2 Å². The summed E-state index contributed by atoms with van der Waals surface area (Å²) in [5, 5.41) is 34.2. The van der Waals surface area contributed by atoms with Crippen LogP contribution in [0, 0.1) is 24.6 Å². The van der Waals surface area contributed by atoms with E-state index in [1.807, 2.05) is 54.5 Å². The average Bonchev–Trinajstić information content (AvgIpc) is 3.77. The third kappa shape index (κ3) is 13.8. The Hall–Kier alpha value is -4.08. The molecular formula is C38H45FIN8O7S3+. The van der Waals surface area contributed by atoms with Crippen LogP contribution in [-0.4, -0.2) is 111 Å². The van der Waals surface area contributed by atoms with E-state index in [0.29, 0.717) is 84.2 Å². The van der Waals surface area contributed by atoms with Gasteiger partial charge >= 0.3 is 5.97 Å². The van der Waals surface area contributed by atoms with Gasteiger partial charge < -0.3 is 30.1 Å². The zero-order chi connectivity index (χ0) is 41.8. The second-order valence-corrected chi connectivity index (χ2v) is 18.9. The van der Waals surface area contributed by atoms with Crippen molar-refractivity contribution in [2.75, 3.05) is 62.9 Å². The van der Waals surface area contributed by atoms with Crippen LogP contribution in [0.3, 0.4) is 0 Å². The standard InChI is InChI=1S/C38H44FIN8O7S3/c1-25-22-33(44-45-35(25)43-37-41-29-12-4-5-13-31(29)56-37)48(19-7-11-27(49)24-46(2)17-9-21-58(52,53)54)38-42-34(36(50)51)32(57-38)14-8-20-55-30-16-15-26(23-28(30)39)10-6-18-47(3)40/h4-5,12-13,15-16,22-23,27,49H,7-9,11,14,17-21,24H2,1-3H3,(H,50,51)(H,41,43,45)(H,52,53,54)/p+1. The summed E-state index contributed by atoms with van der Waals surface area (Å²) in [6, 6.07) is 14.2. The maximum absolute atomic E-state index is 14.8. The molecule has 5 rings (SSSR count). The molecule has 5 aromatic rings. The Morgan fingerprint density at radius 2 is 1.91 bits per heavy atom. The highest BCUT2D eigenvalue weighted by atomic mass is 127. The molecule has 2 unspecified atom stereocenters. The number of carbonyl (C=O) groups is 1. The highest BCUT2D eigenvalue weighted by molar-refractivity contribution is 14.1. The van der Waals surface area contributed by atoms with Crippen LogP contribution in [0.15, 0.2) is 48.5 Å². The van der Waals surface area contributed by atoms with Crippen LogP contribution in [0.2, 0.25) is 0 Å². The van der Waals surface area contributed by atoms with Crippen molar-refractivity contribution in [1.82, 2.24) is 23.3 Å². The second kappa shape index (κ2) is 21.3. The number of carboxylic acid groups (broad SMARTS) is 1. The number of nitrogens with zero attached hydrogens (tertiary/aromatic N) is 6. The lowest BCUT2D eigenvalue weighted by Crippen LogP contribution is -3.10. The number of quaternary nitrogens is 1. The molecule has 0 saturated carbocycles. The van der Waals surface area contributed by atoms with Crippen LogP contribution in [0.25, 0.3) is 10.2 Å². The van der Waals surface area contributed by atoms with Gasteiger partial charge in [-0.15, -0.1) is 21.5 Å². The summed E-state index contributed by atoms with van der Waals surface area (Å²) in [6.07, 6.45) is 1.11. The summed E-state index contributed by atoms with van der Waals surface area (Å²) in [5.41, 5.74) is 2.05. The van der Waals surface area contributed by atoms with Gasteiger partial charge in [-0.2, -0.15) is 8.42 Å². The fourth-order valence-corrected chi connectivity index (χ4v) is 8.53. The van der Waals surface area contributed by atoms with Crippen LogP contribution < -0.4 is 19.9 Å². The molecule has 2 atom stereocenters. The zero-order valence-corrected chi connectivity index (χ0v) is 36.7. The molecule has 58 heavy (non-hydrogen) atoms. The first-order chi connectivity index (χ1) is 27.6. The third-order valence-corrected chi connectivity index (χ3v) is 11.9. The molecular weight excluding hydrogens is 923 g/mol. The summed E-state index contributed by atoms with van der Waals surface area (Å²) in [4.78, 5) is 24.8. The Morgan fingerprint density at radius 3 is 2.62 bits per heavy atom. The molecule has 0 spiro atoms. The fraction of sp³-hybridized carbons (Fsp3) is 0.395. The fourth-order valence-electron chi connectivity index (χ4n) is 5.86. The summed E-state index contributed by atoms with van der Waals surface area (Å²) in [7, 11) is -0.326. The van der Waals surface area contributed by atoms with Crippen molar-refractivity contribution in [1.29, 1.82) is 0 Å². The van der Waals surface area contributed by atoms with Gasteiger partial charge in [0.25, 0.3) is 10.1 Å². The number of hydrogen-bond donors (Lipinski definition) is 5. The number of likely N-dealkylation sites (N-methyl/N-ethyl adjacent to an activating group) is 1. The Labute approximate surface area is 358 Å². The number of hydrogen-bond acceptors (Lipinski definition) is 14. The number of para-hydroxylation sites is 1. The van der Waals surface area contributed by atoms with Crippen molar-refractivity contribution >= 4 is 93.7 Å². The lowest BCUT2D eigenvalue weighted by atomic mass is 10.1. The van der Waals surface area contributed by atoms with E-state index >= 15 is 0 Å². The van der Waals surface area contributed by atoms with Gasteiger partial charge in [0.1, 0.15) is 12.6 Å². The number of rotatable bonds is 21. The zero-order valence-electron chi connectivity index (χ0n) is 32.1. The molecule has 0 fully saturated rings. The Morgan fingerprint density at radius 1 is 1.12 bits per heavy atom. The summed E-state index contributed by atoms with van der Waals surface area (Å²) in [6.45, 7) is 3.68. The molecule has 0 saturated heterocycles. The Bertz CT molecular complexity index is 2320. The smallest absolute Gasteiger partial charge is 0.355 e. The normalized spacial score (nSPS) is 12.6. The van der Waals surface area contributed by atoms with E-state index < -0.39 is 28.0 Å². The van der Waals surface area contributed by atoms with E-state index in [9.17, 15) is 27.8 Å². The maximum atomic E-state index is 14.8. The molecule has 310 valence electrons. The van der Waals surface area contributed by atoms with Crippen LogP contribution >= 0.6 is 45.5 Å². The number of aliphatic hydroxyl groups is 1. The summed E-state index contributed by atoms with van der Waals surface area (Å²) in [5.74, 6) is 4.83. The SMILES string of the molecule is Cc1cc(N(CCCC(O)C[NH+](C)CCCS(=O)(=O)O)c2nc(C(=O)O)c(CCCOc3ccc(C#CCN(C)I)cc3F)s2)nnc1Nc1nc2ccccc2s1. The van der Waals surface area contributed by atoms with E-state index in [1.165, 1.54) is 34.8 Å². The summed E-state index contributed by atoms with van der Waals surface area (Å²) < 4.78 is 54.6. The van der Waals surface area contributed by atoms with Gasteiger partial charge in [0.2, 0.25) is 0 Å². The number of fused-ring (bicyclic) bond motifs is 1. The van der Waals surface area contributed by atoms with Gasteiger partial charge in [-0.05, 0) is 81.6 Å². The molecule has 3 heterocycles. The number of anilines is 4. The topological polar surface area (TPSA) is 196 Å². The molecule has 0 radical (unpaired) electrons. The first kappa shape index (κ1) is 45.0. The van der Waals surface area contributed by atoms with Gasteiger partial charge in [0.05, 0.1) is 42.7 Å². The number of aromatic carboxylic acids is 1. The van der Waals surface area contributed by atoms with Crippen molar-refractivity contribution in [3.8, 4) is 17.6 Å². The van der Waals surface area contributed by atoms with E-state index in [1.54, 1.807) is 11.0 Å². The molecule has 15 nitrogen and oxygen atoms in total. The minimum absolute atomic E-state index is 0.0780. The number of ether oxygens (including phenoxy) is 1. The number of nitrogens with one attached hydrogen (secondary N) is 2. The molecule has 20 heteroatoms. The van der Waals surface area contributed by atoms with Gasteiger partial charge in [0, 0.05) is 46.3 Å². The first-order valence-corrected chi connectivity index (χ1v) is 22.6. The monoisotopic (exact) mass is 967 g/mol. The molecule has 0 aliphatic rings. The predicted octanol–water partition coefficient (Wildman–Crippen LogP) is 5.15. The quantitative estimate of drug-likeness (QED) is 0.0213. The van der Waals surface area contributed by atoms with Crippen LogP contribution in [0.1, 0.15) is 52.2 Å². The number of aromatic nitrogens is 4. The first-order valence-electron chi connectivity index (χ1n) is 18.3. The molecule has 0 aliphatic carbocycles. The number of aryl methyl sites for hydroxylation is 2. The molecule has 3 aromatic heterocycles. The van der Waals surface area contributed by atoms with Crippen molar-refractivity contribution in [2.45, 2.75) is 45.1 Å². The van der Waals surface area contributed by atoms with Crippen molar-refractivity contribution in [3.63, 3.8) is 0 Å². The van der Waals surface area contributed by atoms with Crippen molar-refractivity contribution in [3.05, 3.63) is 76.0 Å². The number of benzene rings is 2. The minimum Gasteiger partial charge on any atom is -0.491 e. The Kier molecular flexibility index (Phi) is 16.5. The molecule has 5 N–H and O–H groups in total. The highest BCUT2D eigenvalue weighted by Gasteiger charge is 2.24. The molecule has 0 amide bonds. The predicted molar refractivity (Wildman–Crippen MR) is 232 cm³/mol. The minimum atomic E-state index is -4.05.